The van der Waals surface area contributed by atoms with Crippen molar-refractivity contribution < 1.29 is 0 Å². The molecule has 20 aromatic rings. The van der Waals surface area contributed by atoms with Gasteiger partial charge in [0.15, 0.2) is 0 Å². The van der Waals surface area contributed by atoms with Crippen LogP contribution in [0.1, 0.15) is 111 Å². The van der Waals surface area contributed by atoms with E-state index in [1.807, 2.05) is 189 Å². The van der Waals surface area contributed by atoms with Crippen LogP contribution in [0, 0.1) is 191 Å². The normalized spacial score (nSPS) is 11.1. The SMILES string of the molecule is Cc1ccc2c3c(C#N)cc(C#N)c4c(C)ccc(c5ccc(C#N)c1c52)c43.Cc1ccc2c3c(C#N)cc(C#N)c4c(C)ccc(c5ccc(C#N)c1c52)c43.Cc1ccc2c3ccc(C#N)c4c(C)cc(C#N)c(c5ccc(C#N)c1c25)c43.Cc1ccc2c3ccc(C#N)c4c(C)cc(C#N)c(c5ccc(C#N)c1c25)c43. The summed E-state index contributed by atoms with van der Waals surface area (Å²) >= 11 is 0. The van der Waals surface area contributed by atoms with E-state index in [9.17, 15) is 63.1 Å². The number of hydrogen-bond acceptors (Lipinski definition) is 12. The average Bonchev–Trinajstić information content (AvgIpc) is 0.721. The average molecular weight is 1420 g/mol. The van der Waals surface area contributed by atoms with Crippen LogP contribution < -0.4 is 0 Å². The van der Waals surface area contributed by atoms with Crippen molar-refractivity contribution in [3.8, 4) is 72.8 Å². The Morgan fingerprint density at radius 1 is 0.125 bits per heavy atom. The van der Waals surface area contributed by atoms with Crippen molar-refractivity contribution in [3.63, 3.8) is 0 Å². The lowest BCUT2D eigenvalue weighted by Crippen LogP contribution is -1.95. The molecule has 0 aliphatic rings. The molecule has 0 aliphatic carbocycles. The predicted octanol–water partition coefficient (Wildman–Crippen LogP) is 23.9. The molecule has 0 bridgehead atoms. The number of rotatable bonds is 0. The second-order valence-corrected chi connectivity index (χ2v) is 28.8. The summed E-state index contributed by atoms with van der Waals surface area (Å²) in [5.74, 6) is 0. The van der Waals surface area contributed by atoms with Crippen molar-refractivity contribution in [3.05, 3.63) is 281 Å². The van der Waals surface area contributed by atoms with Crippen LogP contribution in [-0.2, 0) is 0 Å². The monoisotopic (exact) mass is 1420 g/mol. The molecular formula is C100H52N12. The van der Waals surface area contributed by atoms with Gasteiger partial charge in [0.2, 0.25) is 0 Å². The highest BCUT2D eigenvalue weighted by Crippen LogP contribution is 2.51. The second kappa shape index (κ2) is 25.6. The lowest BCUT2D eigenvalue weighted by molar-refractivity contribution is 1.46. The van der Waals surface area contributed by atoms with Crippen molar-refractivity contribution in [2.75, 3.05) is 0 Å². The van der Waals surface area contributed by atoms with Crippen LogP contribution in [0.15, 0.2) is 170 Å². The summed E-state index contributed by atoms with van der Waals surface area (Å²) in [6.07, 6.45) is 0. The van der Waals surface area contributed by atoms with Gasteiger partial charge in [-0.1, -0.05) is 109 Å². The fourth-order valence-electron chi connectivity index (χ4n) is 18.5. The van der Waals surface area contributed by atoms with Gasteiger partial charge in [0.05, 0.1) is 140 Å². The fraction of sp³-hybridized carbons (Fsp3) is 0.0800. The van der Waals surface area contributed by atoms with Crippen molar-refractivity contribution in [1.82, 2.24) is 0 Å². The Labute approximate surface area is 640 Å². The van der Waals surface area contributed by atoms with E-state index in [1.54, 1.807) is 12.1 Å². The van der Waals surface area contributed by atoms with Gasteiger partial charge in [0.1, 0.15) is 0 Å². The van der Waals surface area contributed by atoms with Crippen molar-refractivity contribution in [2.45, 2.75) is 55.4 Å². The number of benzene rings is 20. The van der Waals surface area contributed by atoms with Gasteiger partial charge < -0.3 is 0 Å². The fourth-order valence-corrected chi connectivity index (χ4v) is 18.5. The molecule has 12 nitrogen and oxygen atoms in total. The van der Waals surface area contributed by atoms with E-state index in [0.29, 0.717) is 66.8 Å². The molecule has 0 fully saturated rings. The lowest BCUT2D eigenvalue weighted by atomic mass is 9.83. The number of fused-ring (bicyclic) bond motifs is 8. The Morgan fingerprint density at radius 2 is 0.268 bits per heavy atom. The van der Waals surface area contributed by atoms with Gasteiger partial charge in [-0.3, -0.25) is 0 Å². The third-order valence-corrected chi connectivity index (χ3v) is 23.1. The van der Waals surface area contributed by atoms with Crippen LogP contribution in [0.3, 0.4) is 0 Å². The standard InChI is InChI=1S/4C25H13N3/c2*1-13-4-7-20-23-17(12-28)9-16(11-27)22-14(2)3-6-19(25(22)23)18-8-5-15(10-26)21(13)24(18)20;2*1-13-3-6-18-19-7-4-16(11-27)22-14(2)9-17(12-28)23(25(19)22)20-8-5-15(10-26)21(13)24(18)20/h4*3-9H,1-2H3. The van der Waals surface area contributed by atoms with Crippen molar-refractivity contribution in [1.29, 1.82) is 63.1 Å². The highest BCUT2D eigenvalue weighted by molar-refractivity contribution is 6.40. The minimum Gasteiger partial charge on any atom is -0.192 e. The van der Waals surface area contributed by atoms with E-state index >= 15 is 0 Å². The molecule has 12 heteroatoms. The van der Waals surface area contributed by atoms with E-state index in [2.05, 4.69) is 97.1 Å². The zero-order chi connectivity index (χ0) is 78.3. The topological polar surface area (TPSA) is 285 Å². The summed E-state index contributed by atoms with van der Waals surface area (Å²) in [6, 6.07) is 82.2. The Balaban J connectivity index is 0.000000108. The molecule has 0 spiro atoms. The van der Waals surface area contributed by atoms with Gasteiger partial charge in [-0.25, -0.2) is 0 Å². The van der Waals surface area contributed by atoms with Crippen molar-refractivity contribution in [2.24, 2.45) is 0 Å². The first-order valence-electron chi connectivity index (χ1n) is 35.9. The zero-order valence-corrected chi connectivity index (χ0v) is 61.5. The summed E-state index contributed by atoms with van der Waals surface area (Å²) in [6.45, 7) is 15.9. The van der Waals surface area contributed by atoms with Crippen LogP contribution >= 0.6 is 0 Å². The van der Waals surface area contributed by atoms with Gasteiger partial charge in [-0.2, -0.15) is 63.1 Å². The Bertz CT molecular complexity index is 7720. The maximum Gasteiger partial charge on any atom is 0.0998 e. The largest absolute Gasteiger partial charge is 0.192 e. The van der Waals surface area contributed by atoms with E-state index in [0.717, 1.165) is 217 Å². The molecule has 0 aromatic heterocycles. The van der Waals surface area contributed by atoms with Crippen LogP contribution in [0.5, 0.6) is 0 Å². The molecule has 0 heterocycles. The predicted molar refractivity (Wildman–Crippen MR) is 445 cm³/mol. The number of hydrogen-bond donors (Lipinski definition) is 0. The molecule has 0 saturated heterocycles. The zero-order valence-electron chi connectivity index (χ0n) is 61.5. The first-order chi connectivity index (χ1) is 54.4. The number of nitriles is 12. The van der Waals surface area contributed by atoms with E-state index in [4.69, 9.17) is 0 Å². The minimum atomic E-state index is 0.495. The van der Waals surface area contributed by atoms with Gasteiger partial charge in [0, 0.05) is 86.2 Å². The summed E-state index contributed by atoms with van der Waals surface area (Å²) in [5.41, 5.74) is 15.0. The van der Waals surface area contributed by atoms with E-state index in [1.165, 1.54) is 0 Å². The van der Waals surface area contributed by atoms with Crippen LogP contribution in [0.4, 0.5) is 0 Å². The molecule has 0 aliphatic heterocycles. The molecule has 20 aromatic carbocycles. The summed E-state index contributed by atoms with van der Waals surface area (Å²) in [4.78, 5) is 0. The third kappa shape index (κ3) is 9.41. The minimum absolute atomic E-state index is 0.495. The molecule has 512 valence electrons. The van der Waals surface area contributed by atoms with Crippen LogP contribution in [-0.4, -0.2) is 0 Å². The van der Waals surface area contributed by atoms with Gasteiger partial charge in [0.25, 0.3) is 0 Å². The highest BCUT2D eigenvalue weighted by Gasteiger charge is 2.27. The summed E-state index contributed by atoms with van der Waals surface area (Å²) in [5, 5.41) is 148. The molecule has 0 radical (unpaired) electrons. The molecule has 0 amide bonds. The van der Waals surface area contributed by atoms with Crippen LogP contribution in [0.2, 0.25) is 0 Å². The van der Waals surface area contributed by atoms with Gasteiger partial charge in [-0.15, -0.1) is 0 Å². The molecule has 0 saturated carbocycles. The molecular weight excluding hydrogens is 1370 g/mol. The smallest absolute Gasteiger partial charge is 0.0998 e. The lowest BCUT2D eigenvalue weighted by Gasteiger charge is -2.18. The molecule has 0 N–H and O–H groups in total. The molecule has 112 heavy (non-hydrogen) atoms. The molecule has 20 rings (SSSR count). The van der Waals surface area contributed by atoms with Gasteiger partial charge in [-0.05, 0) is 247 Å². The number of aryl methyl sites for hydroxylation is 8. The van der Waals surface area contributed by atoms with Crippen LogP contribution in [0.25, 0.3) is 172 Å². The Kier molecular flexibility index (Phi) is 15.7. The van der Waals surface area contributed by atoms with Crippen molar-refractivity contribution >= 4 is 172 Å². The van der Waals surface area contributed by atoms with E-state index in [-0.39, 0.29) is 0 Å². The second-order valence-electron chi connectivity index (χ2n) is 28.8. The Hall–Kier alpha value is -16.5. The quantitative estimate of drug-likeness (QED) is 0.101. The first kappa shape index (κ1) is 68.6. The maximum atomic E-state index is 9.87. The maximum absolute atomic E-state index is 9.87. The summed E-state index contributed by atoms with van der Waals surface area (Å²) in [7, 11) is 0. The Morgan fingerprint density at radius 3 is 0.473 bits per heavy atom. The molecule has 0 unspecified atom stereocenters. The van der Waals surface area contributed by atoms with Gasteiger partial charge >= 0.3 is 0 Å². The third-order valence-electron chi connectivity index (χ3n) is 23.1. The highest BCUT2D eigenvalue weighted by atomic mass is 14.4. The van der Waals surface area contributed by atoms with E-state index < -0.39 is 0 Å². The molecule has 0 atom stereocenters. The number of nitrogens with zero attached hydrogens (tertiary/aromatic N) is 12. The first-order valence-corrected chi connectivity index (χ1v) is 35.9. The summed E-state index contributed by atoms with van der Waals surface area (Å²) < 4.78 is 0.